The van der Waals surface area contributed by atoms with Gasteiger partial charge in [-0.2, -0.15) is 0 Å². The van der Waals surface area contributed by atoms with E-state index in [2.05, 4.69) is 47.9 Å². The highest BCUT2D eigenvalue weighted by Crippen LogP contribution is 2.38. The molecule has 4 N–H and O–H groups in total. The first-order valence-electron chi connectivity index (χ1n) is 18.6. The number of nitrogens with zero attached hydrogens (tertiary/aromatic N) is 3. The summed E-state index contributed by atoms with van der Waals surface area (Å²) in [6.45, 7) is 17.9. The van der Waals surface area contributed by atoms with Crippen LogP contribution < -0.4 is 10.9 Å². The lowest BCUT2D eigenvalue weighted by Gasteiger charge is -2.26. The highest BCUT2D eigenvalue weighted by molar-refractivity contribution is 5.94. The molecule has 0 spiro atoms. The molecule has 1 amide bonds. The minimum absolute atomic E-state index is 0.112. The average Bonchev–Trinajstić information content (AvgIpc) is 3.09. The summed E-state index contributed by atoms with van der Waals surface area (Å²) in [6, 6.07) is 15.9. The van der Waals surface area contributed by atoms with Crippen LogP contribution in [-0.4, -0.2) is 50.6 Å². The van der Waals surface area contributed by atoms with Gasteiger partial charge in [0.15, 0.2) is 0 Å². The number of nitrogens with one attached hydrogen (secondary N) is 2. The number of rotatable bonds is 6. The SMILES string of the molecule is CC(C)(C)C(=O)Nc1ccc(-c2cc(C=N[C@@H]3CCCC[C@H]3N=Cc3cc(C#Cc4cccc(=O)[nH]4)cc(C(C)(C)C)c3O)c(O)c(C(C)(C)C)c2)cn1. The van der Waals surface area contributed by atoms with E-state index in [1.807, 2.05) is 71.9 Å². The van der Waals surface area contributed by atoms with Gasteiger partial charge < -0.3 is 20.5 Å². The third kappa shape index (κ3) is 9.93. The van der Waals surface area contributed by atoms with Crippen LogP contribution in [0.4, 0.5) is 5.82 Å². The van der Waals surface area contributed by atoms with Gasteiger partial charge in [-0.1, -0.05) is 87.1 Å². The number of amides is 1. The number of aromatic amines is 1. The predicted molar refractivity (Wildman–Crippen MR) is 219 cm³/mol. The number of aliphatic imine (C=N–C) groups is 2. The molecule has 0 bridgehead atoms. The number of anilines is 1. The number of hydrogen-bond donors (Lipinski definition) is 4. The molecule has 54 heavy (non-hydrogen) atoms. The Hall–Kier alpha value is -5.49. The summed E-state index contributed by atoms with van der Waals surface area (Å²) in [5, 5.41) is 25.8. The van der Waals surface area contributed by atoms with Crippen molar-refractivity contribution >= 4 is 24.2 Å². The first-order valence-corrected chi connectivity index (χ1v) is 18.6. The van der Waals surface area contributed by atoms with Crippen LogP contribution in [0.5, 0.6) is 11.5 Å². The van der Waals surface area contributed by atoms with Crippen LogP contribution in [0.15, 0.2) is 75.6 Å². The fourth-order valence-electron chi connectivity index (χ4n) is 6.29. The van der Waals surface area contributed by atoms with Crippen molar-refractivity contribution < 1.29 is 15.0 Å². The molecule has 0 radical (unpaired) electrons. The molecular weight excluding hydrogens is 675 g/mol. The molecule has 0 saturated heterocycles. The monoisotopic (exact) mass is 727 g/mol. The topological polar surface area (TPSA) is 140 Å². The first-order chi connectivity index (χ1) is 25.3. The maximum absolute atomic E-state index is 12.5. The normalized spacial score (nSPS) is 16.7. The van der Waals surface area contributed by atoms with Crippen LogP contribution in [0.25, 0.3) is 11.1 Å². The second-order valence-electron chi connectivity index (χ2n) is 17.2. The second-order valence-corrected chi connectivity index (χ2v) is 17.2. The Morgan fingerprint density at radius 2 is 1.39 bits per heavy atom. The van der Waals surface area contributed by atoms with Crippen LogP contribution in [0, 0.1) is 17.3 Å². The van der Waals surface area contributed by atoms with Gasteiger partial charge in [0.2, 0.25) is 11.5 Å². The van der Waals surface area contributed by atoms with Gasteiger partial charge in [-0.05, 0) is 77.6 Å². The number of hydrogen-bond acceptors (Lipinski definition) is 7. The van der Waals surface area contributed by atoms with Crippen molar-refractivity contribution in [3.05, 3.63) is 105 Å². The quantitative estimate of drug-likeness (QED) is 0.116. The van der Waals surface area contributed by atoms with Gasteiger partial charge in [0.1, 0.15) is 17.3 Å². The summed E-state index contributed by atoms with van der Waals surface area (Å²) in [5.74, 6) is 6.89. The third-order valence-corrected chi connectivity index (χ3v) is 9.53. The van der Waals surface area contributed by atoms with Crippen molar-refractivity contribution in [2.24, 2.45) is 15.4 Å². The number of pyridine rings is 2. The minimum Gasteiger partial charge on any atom is -0.507 e. The first kappa shape index (κ1) is 39.7. The Labute approximate surface area is 319 Å². The molecular formula is C45H53N5O4. The fourth-order valence-corrected chi connectivity index (χ4v) is 6.29. The van der Waals surface area contributed by atoms with Crippen LogP contribution in [0.3, 0.4) is 0 Å². The summed E-state index contributed by atoms with van der Waals surface area (Å²) < 4.78 is 0. The van der Waals surface area contributed by atoms with E-state index < -0.39 is 5.41 Å². The Morgan fingerprint density at radius 1 is 0.796 bits per heavy atom. The maximum atomic E-state index is 12.5. The third-order valence-electron chi connectivity index (χ3n) is 9.53. The van der Waals surface area contributed by atoms with Gasteiger partial charge in [0.05, 0.1) is 17.8 Å². The lowest BCUT2D eigenvalue weighted by Crippen LogP contribution is -2.27. The number of H-pyrrole nitrogens is 1. The molecule has 4 aromatic rings. The summed E-state index contributed by atoms with van der Waals surface area (Å²) >= 11 is 0. The van der Waals surface area contributed by atoms with E-state index in [4.69, 9.17) is 9.98 Å². The zero-order chi connectivity index (χ0) is 39.4. The van der Waals surface area contributed by atoms with Gasteiger partial charge in [-0.15, -0.1) is 0 Å². The molecule has 0 unspecified atom stereocenters. The molecule has 0 aliphatic heterocycles. The van der Waals surface area contributed by atoms with E-state index in [0.29, 0.717) is 28.2 Å². The molecule has 1 aliphatic carbocycles. The maximum Gasteiger partial charge on any atom is 0.248 e. The Kier molecular flexibility index (Phi) is 11.7. The van der Waals surface area contributed by atoms with Crippen molar-refractivity contribution in [3.8, 4) is 34.5 Å². The number of aromatic nitrogens is 2. The van der Waals surface area contributed by atoms with Gasteiger partial charge >= 0.3 is 0 Å². The fraction of sp³-hybridized carbons (Fsp3) is 0.400. The minimum atomic E-state index is -0.541. The molecule has 1 saturated carbocycles. The van der Waals surface area contributed by atoms with Crippen molar-refractivity contribution in [3.63, 3.8) is 0 Å². The zero-order valence-corrected chi connectivity index (χ0v) is 33.0. The Balaban J connectivity index is 1.45. The van der Waals surface area contributed by atoms with Crippen LogP contribution in [-0.2, 0) is 15.6 Å². The van der Waals surface area contributed by atoms with Crippen molar-refractivity contribution in [2.75, 3.05) is 5.32 Å². The van der Waals surface area contributed by atoms with E-state index in [-0.39, 0.29) is 45.9 Å². The van der Waals surface area contributed by atoms with Crippen LogP contribution >= 0.6 is 0 Å². The number of benzene rings is 2. The molecule has 9 heteroatoms. The van der Waals surface area contributed by atoms with Gasteiger partial charge in [0, 0.05) is 63.5 Å². The number of carbonyl (C=O) groups excluding carboxylic acids is 1. The second kappa shape index (κ2) is 15.9. The molecule has 9 nitrogen and oxygen atoms in total. The molecule has 282 valence electrons. The standard InChI is InChI=1S/C45H53N5O4/c1-43(2,3)34-22-28(17-19-33-13-12-16-39(51)49-33)21-31(40(34)52)26-46-36-14-10-11-15-37(36)47-27-32-23-30(24-35(41(32)53)44(4,5)6)29-18-20-38(48-25-29)50-42(54)45(7,8)9/h12-13,16,18,20-27,36-37,52-53H,10-11,14-15H2,1-9H3,(H,49,51)(H,48,50,54)/t36-,37-/m1/s1. The lowest BCUT2D eigenvalue weighted by molar-refractivity contribution is -0.123. The number of phenolic OH excluding ortho intramolecular Hbond substituents is 2. The molecule has 5 rings (SSSR count). The van der Waals surface area contributed by atoms with Crippen molar-refractivity contribution in [1.29, 1.82) is 0 Å². The Bertz CT molecular complexity index is 2180. The average molecular weight is 728 g/mol. The summed E-state index contributed by atoms with van der Waals surface area (Å²) in [6.07, 6.45) is 8.94. The summed E-state index contributed by atoms with van der Waals surface area (Å²) in [5.41, 5.74) is 4.19. The molecule has 2 aromatic carbocycles. The van der Waals surface area contributed by atoms with E-state index in [1.54, 1.807) is 36.8 Å². The molecule has 2 aromatic heterocycles. The van der Waals surface area contributed by atoms with Crippen molar-refractivity contribution in [1.82, 2.24) is 9.97 Å². The number of carbonyl (C=O) groups is 1. The van der Waals surface area contributed by atoms with Crippen molar-refractivity contribution in [2.45, 2.75) is 111 Å². The zero-order valence-electron chi connectivity index (χ0n) is 33.0. The van der Waals surface area contributed by atoms with E-state index in [1.165, 1.54) is 6.07 Å². The smallest absolute Gasteiger partial charge is 0.248 e. The molecule has 1 aliphatic rings. The van der Waals surface area contributed by atoms with E-state index in [0.717, 1.165) is 47.9 Å². The Morgan fingerprint density at radius 3 is 1.93 bits per heavy atom. The lowest BCUT2D eigenvalue weighted by atomic mass is 9.83. The van der Waals surface area contributed by atoms with E-state index >= 15 is 0 Å². The van der Waals surface area contributed by atoms with Crippen LogP contribution in [0.1, 0.15) is 122 Å². The van der Waals surface area contributed by atoms with Gasteiger partial charge in [0.25, 0.3) is 0 Å². The van der Waals surface area contributed by atoms with Crippen LogP contribution in [0.2, 0.25) is 0 Å². The number of aromatic hydroxyl groups is 2. The highest BCUT2D eigenvalue weighted by Gasteiger charge is 2.26. The largest absolute Gasteiger partial charge is 0.507 e. The van der Waals surface area contributed by atoms with E-state index in [9.17, 15) is 19.8 Å². The molecule has 2 atom stereocenters. The molecule has 1 fully saturated rings. The van der Waals surface area contributed by atoms with Gasteiger partial charge in [-0.3, -0.25) is 19.6 Å². The predicted octanol–water partition coefficient (Wildman–Crippen LogP) is 8.68. The summed E-state index contributed by atoms with van der Waals surface area (Å²) in [7, 11) is 0. The molecule has 2 heterocycles. The van der Waals surface area contributed by atoms with Gasteiger partial charge in [-0.25, -0.2) is 4.98 Å². The number of phenols is 2. The summed E-state index contributed by atoms with van der Waals surface area (Å²) in [4.78, 5) is 41.5. The highest BCUT2D eigenvalue weighted by atomic mass is 16.3.